The van der Waals surface area contributed by atoms with Crippen LogP contribution in [0.2, 0.25) is 0 Å². The lowest BCUT2D eigenvalue weighted by Gasteiger charge is -1.94. The fourth-order valence-electron chi connectivity index (χ4n) is 0.631. The van der Waals surface area contributed by atoms with Crippen LogP contribution in [-0.4, -0.2) is 10.8 Å². The highest BCUT2D eigenvalue weighted by atomic mass is 32.2. The third kappa shape index (κ3) is 8.11. The largest absolute Gasteiger partial charge is 0.293 e. The molecule has 0 spiro atoms. The summed E-state index contributed by atoms with van der Waals surface area (Å²) in [5, 5.41) is 0. The van der Waals surface area contributed by atoms with E-state index in [9.17, 15) is 4.21 Å². The molecule has 0 unspecified atom stereocenters. The van der Waals surface area contributed by atoms with Crippen molar-refractivity contribution in [3.8, 4) is 0 Å². The number of thiol groups is 1. The summed E-state index contributed by atoms with van der Waals surface area (Å²) in [7, 11) is 0. The Morgan fingerprint density at radius 1 is 1.33 bits per heavy atom. The predicted molar refractivity (Wildman–Crippen MR) is 39.6 cm³/mol. The topological polar surface area (TPSA) is 26.3 Å². The monoisotopic (exact) mass is 150 g/mol. The van der Waals surface area contributed by atoms with E-state index in [1.807, 2.05) is 0 Å². The first-order chi connectivity index (χ1) is 4.41. The minimum atomic E-state index is -0.185. The van der Waals surface area contributed by atoms with Crippen molar-refractivity contribution in [2.45, 2.75) is 32.6 Å². The van der Waals surface area contributed by atoms with Gasteiger partial charge in [-0.25, -0.2) is 4.21 Å². The maximum Gasteiger partial charge on any atom is 0.142 e. The van der Waals surface area contributed by atoms with Crippen molar-refractivity contribution in [2.75, 3.05) is 6.61 Å². The zero-order valence-corrected chi connectivity index (χ0v) is 6.69. The van der Waals surface area contributed by atoms with Gasteiger partial charge in [0.05, 0.1) is 6.61 Å². The lowest BCUT2D eigenvalue weighted by molar-refractivity contribution is 0.343. The molecule has 0 saturated heterocycles. The summed E-state index contributed by atoms with van der Waals surface area (Å²) < 4.78 is 14.3. The van der Waals surface area contributed by atoms with Crippen molar-refractivity contribution in [2.24, 2.45) is 0 Å². The summed E-state index contributed by atoms with van der Waals surface area (Å²) in [5.74, 6) is 0. The molecule has 0 rings (SSSR count). The molecule has 0 aromatic rings. The highest BCUT2D eigenvalue weighted by Crippen LogP contribution is 1.97. The molecule has 0 aliphatic heterocycles. The average molecular weight is 150 g/mol. The SMILES string of the molecule is CCCCCCO[SH]=O. The van der Waals surface area contributed by atoms with Crippen molar-refractivity contribution >= 4 is 11.9 Å². The van der Waals surface area contributed by atoms with Gasteiger partial charge in [-0.1, -0.05) is 26.2 Å². The van der Waals surface area contributed by atoms with Crippen molar-refractivity contribution in [3.63, 3.8) is 0 Å². The zero-order valence-electron chi connectivity index (χ0n) is 5.80. The van der Waals surface area contributed by atoms with Gasteiger partial charge in [-0.3, -0.25) is 4.18 Å². The van der Waals surface area contributed by atoms with Crippen molar-refractivity contribution < 1.29 is 8.39 Å². The summed E-state index contributed by atoms with van der Waals surface area (Å²) in [5.41, 5.74) is 0. The molecule has 2 nitrogen and oxygen atoms in total. The molecule has 56 valence electrons. The Morgan fingerprint density at radius 2 is 2.11 bits per heavy atom. The first kappa shape index (κ1) is 9.11. The third-order valence-corrected chi connectivity index (χ3v) is 1.43. The minimum absolute atomic E-state index is 0.185. The molecule has 0 amide bonds. The van der Waals surface area contributed by atoms with Crippen LogP contribution in [0.5, 0.6) is 0 Å². The fourth-order valence-corrected chi connectivity index (χ4v) is 0.834. The van der Waals surface area contributed by atoms with Crippen LogP contribution in [0.1, 0.15) is 32.6 Å². The Labute approximate surface area is 60.3 Å². The normalized spacial score (nSPS) is 9.89. The second-order valence-corrected chi connectivity index (χ2v) is 2.38. The fraction of sp³-hybridized carbons (Fsp3) is 1.00. The molecule has 0 N–H and O–H groups in total. The molecule has 0 saturated carbocycles. The highest BCUT2D eigenvalue weighted by Gasteiger charge is 1.85. The maximum absolute atomic E-state index is 9.71. The zero-order chi connectivity index (χ0) is 6.95. The average Bonchev–Trinajstić information content (AvgIpc) is 1.89. The molecular formula is C6H14O2S. The Kier molecular flexibility index (Phi) is 8.21. The standard InChI is InChI=1S/C6H14O2S/c1-2-3-4-5-6-8-9-7/h9H,2-6H2,1H3. The molecule has 0 heterocycles. The summed E-state index contributed by atoms with van der Waals surface area (Å²) in [6, 6.07) is 0. The Morgan fingerprint density at radius 3 is 2.67 bits per heavy atom. The lowest BCUT2D eigenvalue weighted by atomic mass is 10.2. The van der Waals surface area contributed by atoms with Crippen LogP contribution in [0.15, 0.2) is 0 Å². The van der Waals surface area contributed by atoms with Crippen LogP contribution in [0, 0.1) is 0 Å². The van der Waals surface area contributed by atoms with Gasteiger partial charge in [0.15, 0.2) is 0 Å². The van der Waals surface area contributed by atoms with E-state index < -0.39 is 0 Å². The Hall–Kier alpha value is 0.110. The molecule has 3 heteroatoms. The van der Waals surface area contributed by atoms with Gasteiger partial charge >= 0.3 is 0 Å². The molecule has 0 aliphatic rings. The third-order valence-electron chi connectivity index (χ3n) is 1.14. The number of hydrogen-bond acceptors (Lipinski definition) is 2. The van der Waals surface area contributed by atoms with Gasteiger partial charge < -0.3 is 0 Å². The second kappa shape index (κ2) is 8.11. The van der Waals surface area contributed by atoms with E-state index in [4.69, 9.17) is 0 Å². The molecule has 9 heavy (non-hydrogen) atoms. The first-order valence-electron chi connectivity index (χ1n) is 3.36. The van der Waals surface area contributed by atoms with Gasteiger partial charge in [-0.15, -0.1) is 0 Å². The molecule has 0 atom stereocenters. The highest BCUT2D eigenvalue weighted by molar-refractivity contribution is 7.60. The number of unbranched alkanes of at least 4 members (excludes halogenated alkanes) is 3. The molecule has 0 aromatic heterocycles. The van der Waals surface area contributed by atoms with E-state index in [0.717, 1.165) is 6.42 Å². The smallest absolute Gasteiger partial charge is 0.142 e. The van der Waals surface area contributed by atoms with E-state index in [-0.39, 0.29) is 11.9 Å². The molecule has 0 aromatic carbocycles. The summed E-state index contributed by atoms with van der Waals surface area (Å²) in [6.07, 6.45) is 4.70. The van der Waals surface area contributed by atoms with E-state index in [0.29, 0.717) is 6.61 Å². The second-order valence-electron chi connectivity index (χ2n) is 1.97. The van der Waals surface area contributed by atoms with E-state index in [1.54, 1.807) is 0 Å². The van der Waals surface area contributed by atoms with Crippen LogP contribution < -0.4 is 0 Å². The van der Waals surface area contributed by atoms with E-state index in [1.165, 1.54) is 19.3 Å². The molecular weight excluding hydrogens is 136 g/mol. The summed E-state index contributed by atoms with van der Waals surface area (Å²) in [6.45, 7) is 2.79. The van der Waals surface area contributed by atoms with E-state index >= 15 is 0 Å². The number of rotatable bonds is 6. The first-order valence-corrected chi connectivity index (χ1v) is 4.09. The summed E-state index contributed by atoms with van der Waals surface area (Å²) in [4.78, 5) is 0. The van der Waals surface area contributed by atoms with Crippen LogP contribution in [-0.2, 0) is 16.1 Å². The predicted octanol–water partition coefficient (Wildman–Crippen LogP) is 1.44. The number of hydrogen-bond donors (Lipinski definition) is 1. The van der Waals surface area contributed by atoms with Crippen LogP contribution in [0.4, 0.5) is 0 Å². The quantitative estimate of drug-likeness (QED) is 0.458. The van der Waals surface area contributed by atoms with Crippen molar-refractivity contribution in [3.05, 3.63) is 0 Å². The Balaban J connectivity index is 2.66. The molecule has 0 radical (unpaired) electrons. The van der Waals surface area contributed by atoms with Crippen LogP contribution in [0.25, 0.3) is 0 Å². The van der Waals surface area contributed by atoms with Gasteiger partial charge in [0.2, 0.25) is 0 Å². The molecule has 0 aliphatic carbocycles. The van der Waals surface area contributed by atoms with Gasteiger partial charge in [0, 0.05) is 0 Å². The van der Waals surface area contributed by atoms with Crippen molar-refractivity contribution in [1.82, 2.24) is 0 Å². The van der Waals surface area contributed by atoms with Gasteiger partial charge in [0.25, 0.3) is 0 Å². The van der Waals surface area contributed by atoms with Gasteiger partial charge in [-0.2, -0.15) is 0 Å². The van der Waals surface area contributed by atoms with Crippen molar-refractivity contribution in [1.29, 1.82) is 0 Å². The van der Waals surface area contributed by atoms with Crippen LogP contribution in [0.3, 0.4) is 0 Å². The van der Waals surface area contributed by atoms with Gasteiger partial charge in [0.1, 0.15) is 11.9 Å². The summed E-state index contributed by atoms with van der Waals surface area (Å²) >= 11 is -0.185. The molecule has 0 bridgehead atoms. The minimum Gasteiger partial charge on any atom is -0.293 e. The maximum atomic E-state index is 9.71. The van der Waals surface area contributed by atoms with E-state index in [2.05, 4.69) is 11.1 Å². The van der Waals surface area contributed by atoms with Crippen LogP contribution >= 0.6 is 0 Å². The molecule has 0 fully saturated rings. The van der Waals surface area contributed by atoms with Gasteiger partial charge in [-0.05, 0) is 6.42 Å². The lowest BCUT2D eigenvalue weighted by Crippen LogP contribution is -1.87. The Bertz CT molecular complexity index is 66.1.